The number of rotatable bonds is 4. The van der Waals surface area contributed by atoms with Gasteiger partial charge in [-0.05, 0) is 45.1 Å². The van der Waals surface area contributed by atoms with E-state index in [0.29, 0.717) is 19.0 Å². The molecule has 1 amide bonds. The molecule has 21 heavy (non-hydrogen) atoms. The van der Waals surface area contributed by atoms with Gasteiger partial charge in [0, 0.05) is 50.5 Å². The van der Waals surface area contributed by atoms with Crippen LogP contribution in [0.3, 0.4) is 0 Å². The monoisotopic (exact) mass is 290 g/mol. The van der Waals surface area contributed by atoms with Crippen molar-refractivity contribution < 1.29 is 4.79 Å². The van der Waals surface area contributed by atoms with Gasteiger partial charge in [-0.25, -0.2) is 0 Å². The Morgan fingerprint density at radius 3 is 2.86 bits per heavy atom. The fourth-order valence-electron chi connectivity index (χ4n) is 2.71. The molecule has 0 aromatic carbocycles. The molecule has 1 atom stereocenters. The van der Waals surface area contributed by atoms with E-state index in [1.165, 1.54) is 5.56 Å². The predicted octanol–water partition coefficient (Wildman–Crippen LogP) is 0.951. The minimum atomic E-state index is 0.113. The number of aromatic nitrogens is 1. The van der Waals surface area contributed by atoms with Crippen LogP contribution in [0.2, 0.25) is 0 Å². The van der Waals surface area contributed by atoms with Crippen LogP contribution < -0.4 is 5.32 Å². The molecule has 0 spiro atoms. The zero-order chi connectivity index (χ0) is 15.4. The summed E-state index contributed by atoms with van der Waals surface area (Å²) >= 11 is 0. The first kappa shape index (κ1) is 15.9. The molecule has 0 unspecified atom stereocenters. The van der Waals surface area contributed by atoms with Gasteiger partial charge in [0.25, 0.3) is 0 Å². The van der Waals surface area contributed by atoms with Crippen molar-refractivity contribution >= 4 is 5.91 Å². The smallest absolute Gasteiger partial charge is 0.221 e. The highest BCUT2D eigenvalue weighted by Gasteiger charge is 2.24. The van der Waals surface area contributed by atoms with Crippen LogP contribution in [-0.4, -0.2) is 60.5 Å². The lowest BCUT2D eigenvalue weighted by Gasteiger charge is -2.37. The van der Waals surface area contributed by atoms with E-state index in [1.807, 2.05) is 19.2 Å². The Kier molecular flexibility index (Phi) is 5.31. The van der Waals surface area contributed by atoms with Crippen LogP contribution in [0.5, 0.6) is 0 Å². The third-order valence-electron chi connectivity index (χ3n) is 4.23. The number of hydrogen-bond acceptors (Lipinski definition) is 4. The van der Waals surface area contributed by atoms with E-state index in [0.717, 1.165) is 30.9 Å². The summed E-state index contributed by atoms with van der Waals surface area (Å²) in [5.41, 5.74) is 3.27. The molecule has 2 rings (SSSR count). The molecule has 0 radical (unpaired) electrons. The molecule has 1 N–H and O–H groups in total. The molecule has 0 saturated carbocycles. The van der Waals surface area contributed by atoms with Crippen LogP contribution in [0.1, 0.15) is 23.2 Å². The highest BCUT2D eigenvalue weighted by molar-refractivity contribution is 5.76. The van der Waals surface area contributed by atoms with E-state index >= 15 is 0 Å². The van der Waals surface area contributed by atoms with Crippen molar-refractivity contribution in [1.82, 2.24) is 20.1 Å². The molecule has 5 heteroatoms. The second kappa shape index (κ2) is 7.00. The van der Waals surface area contributed by atoms with Crippen LogP contribution in [0.15, 0.2) is 12.3 Å². The number of hydrogen-bond donors (Lipinski definition) is 1. The number of carbonyl (C=O) groups excluding carboxylic acids is 1. The third kappa shape index (κ3) is 4.51. The predicted molar refractivity (Wildman–Crippen MR) is 84.1 cm³/mol. The molecular formula is C16H26N4O. The van der Waals surface area contributed by atoms with Crippen LogP contribution in [0, 0.1) is 13.8 Å². The molecule has 1 aliphatic rings. The first-order chi connectivity index (χ1) is 9.95. The Balaban J connectivity index is 1.84. The fourth-order valence-corrected chi connectivity index (χ4v) is 2.71. The first-order valence-electron chi connectivity index (χ1n) is 7.53. The van der Waals surface area contributed by atoms with Gasteiger partial charge in [0.15, 0.2) is 0 Å². The van der Waals surface area contributed by atoms with Crippen LogP contribution >= 0.6 is 0 Å². The lowest BCUT2D eigenvalue weighted by atomic mass is 10.1. The zero-order valence-corrected chi connectivity index (χ0v) is 13.5. The quantitative estimate of drug-likeness (QED) is 0.897. The van der Waals surface area contributed by atoms with E-state index in [9.17, 15) is 4.79 Å². The largest absolute Gasteiger partial charge is 0.352 e. The van der Waals surface area contributed by atoms with Crippen molar-refractivity contribution in [2.75, 3.05) is 33.7 Å². The lowest BCUT2D eigenvalue weighted by molar-refractivity contribution is -0.122. The van der Waals surface area contributed by atoms with Gasteiger partial charge in [0.1, 0.15) is 0 Å². The summed E-state index contributed by atoms with van der Waals surface area (Å²) in [7, 11) is 4.21. The number of nitrogens with zero attached hydrogens (tertiary/aromatic N) is 3. The molecule has 1 fully saturated rings. The molecule has 0 aliphatic carbocycles. The van der Waals surface area contributed by atoms with Crippen LogP contribution in [0.25, 0.3) is 0 Å². The molecule has 1 aromatic heterocycles. The molecule has 116 valence electrons. The van der Waals surface area contributed by atoms with Gasteiger partial charge in [0.05, 0.1) is 0 Å². The van der Waals surface area contributed by atoms with Crippen molar-refractivity contribution in [2.45, 2.75) is 32.9 Å². The molecule has 1 aliphatic heterocycles. The maximum atomic E-state index is 12.1. The zero-order valence-electron chi connectivity index (χ0n) is 13.5. The van der Waals surface area contributed by atoms with E-state index in [2.05, 4.69) is 41.1 Å². The summed E-state index contributed by atoms with van der Waals surface area (Å²) in [5, 5.41) is 3.02. The second-order valence-corrected chi connectivity index (χ2v) is 6.13. The van der Waals surface area contributed by atoms with Crippen molar-refractivity contribution in [3.05, 3.63) is 29.1 Å². The second-order valence-electron chi connectivity index (χ2n) is 6.13. The minimum Gasteiger partial charge on any atom is -0.352 e. The number of piperazine rings is 1. The maximum Gasteiger partial charge on any atom is 0.221 e. The van der Waals surface area contributed by atoms with E-state index < -0.39 is 0 Å². The van der Waals surface area contributed by atoms with Gasteiger partial charge < -0.3 is 15.1 Å². The maximum absolute atomic E-state index is 12.1. The van der Waals surface area contributed by atoms with Gasteiger partial charge in [-0.3, -0.25) is 9.78 Å². The van der Waals surface area contributed by atoms with Gasteiger partial charge in [-0.2, -0.15) is 0 Å². The number of amides is 1. The summed E-state index contributed by atoms with van der Waals surface area (Å²) in [6, 6.07) is 2.35. The SMILES string of the molecule is Cc1cc(C)c(CNC(=O)C[C@@H]2CN(C)CCN2C)cn1. The van der Waals surface area contributed by atoms with Gasteiger partial charge in [-0.15, -0.1) is 0 Å². The summed E-state index contributed by atoms with van der Waals surface area (Å²) in [4.78, 5) is 21.0. The third-order valence-corrected chi connectivity index (χ3v) is 4.23. The van der Waals surface area contributed by atoms with Crippen LogP contribution in [0.4, 0.5) is 0 Å². The standard InChI is InChI=1S/C16H26N4O/c1-12-7-13(2)17-9-14(12)10-18-16(21)8-15-11-19(3)5-6-20(15)4/h7,9,15H,5-6,8,10-11H2,1-4H3,(H,18,21)/t15-/m1/s1. The van der Waals surface area contributed by atoms with Crippen molar-refractivity contribution in [3.63, 3.8) is 0 Å². The Labute approximate surface area is 127 Å². The van der Waals surface area contributed by atoms with E-state index in [-0.39, 0.29) is 5.91 Å². The Hall–Kier alpha value is -1.46. The molecule has 1 saturated heterocycles. The van der Waals surface area contributed by atoms with Gasteiger partial charge >= 0.3 is 0 Å². The number of likely N-dealkylation sites (N-methyl/N-ethyl adjacent to an activating group) is 2. The Morgan fingerprint density at radius 2 is 2.14 bits per heavy atom. The summed E-state index contributed by atoms with van der Waals surface area (Å²) in [6.07, 6.45) is 2.41. The molecule has 2 heterocycles. The van der Waals surface area contributed by atoms with E-state index in [4.69, 9.17) is 0 Å². The average Bonchev–Trinajstić information content (AvgIpc) is 2.42. The Morgan fingerprint density at radius 1 is 1.38 bits per heavy atom. The molecule has 1 aromatic rings. The van der Waals surface area contributed by atoms with Gasteiger partial charge in [0.2, 0.25) is 5.91 Å². The average molecular weight is 290 g/mol. The number of carbonyl (C=O) groups is 1. The molecular weight excluding hydrogens is 264 g/mol. The topological polar surface area (TPSA) is 48.5 Å². The van der Waals surface area contributed by atoms with Crippen molar-refractivity contribution in [2.24, 2.45) is 0 Å². The normalized spacial score (nSPS) is 20.5. The number of aryl methyl sites for hydroxylation is 2. The van der Waals surface area contributed by atoms with E-state index in [1.54, 1.807) is 0 Å². The number of pyridine rings is 1. The van der Waals surface area contributed by atoms with Crippen LogP contribution in [-0.2, 0) is 11.3 Å². The molecule has 0 bridgehead atoms. The summed E-state index contributed by atoms with van der Waals surface area (Å²) in [5.74, 6) is 0.113. The Bertz CT molecular complexity index is 503. The molecule has 5 nitrogen and oxygen atoms in total. The fraction of sp³-hybridized carbons (Fsp3) is 0.625. The van der Waals surface area contributed by atoms with Gasteiger partial charge in [-0.1, -0.05) is 0 Å². The van der Waals surface area contributed by atoms with Crippen molar-refractivity contribution in [3.8, 4) is 0 Å². The summed E-state index contributed by atoms with van der Waals surface area (Å²) in [6.45, 7) is 7.64. The highest BCUT2D eigenvalue weighted by Crippen LogP contribution is 2.10. The highest BCUT2D eigenvalue weighted by atomic mass is 16.1. The lowest BCUT2D eigenvalue weighted by Crippen LogP contribution is -2.51. The number of nitrogens with one attached hydrogen (secondary N) is 1. The minimum absolute atomic E-state index is 0.113. The van der Waals surface area contributed by atoms with Crippen molar-refractivity contribution in [1.29, 1.82) is 0 Å². The summed E-state index contributed by atoms with van der Waals surface area (Å²) < 4.78 is 0. The first-order valence-corrected chi connectivity index (χ1v) is 7.53.